The normalized spacial score (nSPS) is 10.9. The smallest absolute Gasteiger partial charge is 0.263 e. The van der Waals surface area contributed by atoms with Gasteiger partial charge in [0.2, 0.25) is 0 Å². The zero-order chi connectivity index (χ0) is 23.2. The highest BCUT2D eigenvalue weighted by Gasteiger charge is 2.26. The van der Waals surface area contributed by atoms with Gasteiger partial charge in [0, 0.05) is 25.5 Å². The molecule has 0 aliphatic carbocycles. The molecule has 0 unspecified atom stereocenters. The highest BCUT2D eigenvalue weighted by molar-refractivity contribution is 7.22. The number of ether oxygens (including phenoxy) is 3. The van der Waals surface area contributed by atoms with Crippen LogP contribution >= 0.6 is 11.3 Å². The highest BCUT2D eigenvalue weighted by atomic mass is 32.1. The second kappa shape index (κ2) is 10.4. The number of aromatic nitrogens is 3. The number of anilines is 1. The molecule has 2 aromatic heterocycles. The zero-order valence-corrected chi connectivity index (χ0v) is 19.7. The first kappa shape index (κ1) is 22.6. The maximum absolute atomic E-state index is 13.8. The molecule has 0 fully saturated rings. The van der Waals surface area contributed by atoms with E-state index in [1.54, 1.807) is 42.7 Å². The van der Waals surface area contributed by atoms with Gasteiger partial charge < -0.3 is 18.8 Å². The van der Waals surface area contributed by atoms with Crippen LogP contribution in [0.25, 0.3) is 10.2 Å². The van der Waals surface area contributed by atoms with Crippen molar-refractivity contribution in [2.24, 2.45) is 0 Å². The molecule has 4 rings (SSSR count). The molecule has 9 heteroatoms. The van der Waals surface area contributed by atoms with Crippen molar-refractivity contribution >= 4 is 32.6 Å². The molecule has 0 bridgehead atoms. The van der Waals surface area contributed by atoms with E-state index in [0.29, 0.717) is 41.1 Å². The van der Waals surface area contributed by atoms with Gasteiger partial charge >= 0.3 is 0 Å². The number of para-hydroxylation sites is 2. The van der Waals surface area contributed by atoms with E-state index in [1.165, 1.54) is 18.4 Å². The monoisotopic (exact) mass is 466 g/mol. The Balaban J connectivity index is 1.71. The number of hydrogen-bond donors (Lipinski definition) is 0. The van der Waals surface area contributed by atoms with Gasteiger partial charge in [-0.05, 0) is 37.6 Å². The van der Waals surface area contributed by atoms with E-state index in [-0.39, 0.29) is 5.91 Å². The van der Waals surface area contributed by atoms with Gasteiger partial charge in [0.15, 0.2) is 16.6 Å². The Morgan fingerprint density at radius 2 is 1.94 bits per heavy atom. The summed E-state index contributed by atoms with van der Waals surface area (Å²) in [5.41, 5.74) is 1.17. The van der Waals surface area contributed by atoms with Crippen molar-refractivity contribution in [2.75, 3.05) is 32.3 Å². The SMILES string of the molecule is CCOc1cccc2sc(N(CCCn3ccnc3)C(=O)c3cccc(OC)c3OC)nc12. The van der Waals surface area contributed by atoms with Crippen LogP contribution in [0, 0.1) is 0 Å². The van der Waals surface area contributed by atoms with Crippen LogP contribution in [0.1, 0.15) is 23.7 Å². The molecule has 0 spiro atoms. The molecule has 4 aromatic rings. The molecule has 2 aromatic carbocycles. The maximum Gasteiger partial charge on any atom is 0.263 e. The summed E-state index contributed by atoms with van der Waals surface area (Å²) in [7, 11) is 3.09. The fourth-order valence-corrected chi connectivity index (χ4v) is 4.62. The zero-order valence-electron chi connectivity index (χ0n) is 18.9. The molecule has 0 saturated carbocycles. The molecule has 172 valence electrons. The Bertz CT molecular complexity index is 1220. The van der Waals surface area contributed by atoms with Crippen molar-refractivity contribution in [1.82, 2.24) is 14.5 Å². The number of rotatable bonds is 10. The average molecular weight is 467 g/mol. The minimum Gasteiger partial charge on any atom is -0.493 e. The van der Waals surface area contributed by atoms with E-state index in [2.05, 4.69) is 4.98 Å². The second-order valence-electron chi connectivity index (χ2n) is 7.18. The number of benzene rings is 2. The van der Waals surface area contributed by atoms with Crippen LogP contribution in [0.2, 0.25) is 0 Å². The van der Waals surface area contributed by atoms with Crippen LogP contribution in [0.4, 0.5) is 5.13 Å². The number of methoxy groups -OCH3 is 2. The summed E-state index contributed by atoms with van der Waals surface area (Å²) < 4.78 is 19.6. The van der Waals surface area contributed by atoms with Crippen molar-refractivity contribution in [3.8, 4) is 17.2 Å². The lowest BCUT2D eigenvalue weighted by Crippen LogP contribution is -2.32. The van der Waals surface area contributed by atoms with Gasteiger partial charge in [0.1, 0.15) is 11.3 Å². The van der Waals surface area contributed by atoms with Gasteiger partial charge in [-0.25, -0.2) is 9.97 Å². The minimum absolute atomic E-state index is 0.201. The minimum atomic E-state index is -0.201. The van der Waals surface area contributed by atoms with Crippen LogP contribution < -0.4 is 19.1 Å². The lowest BCUT2D eigenvalue weighted by molar-refractivity contribution is 0.0982. The fourth-order valence-electron chi connectivity index (χ4n) is 3.61. The number of aryl methyl sites for hydroxylation is 1. The molecule has 0 aliphatic heterocycles. The summed E-state index contributed by atoms with van der Waals surface area (Å²) in [6, 6.07) is 11.1. The summed E-state index contributed by atoms with van der Waals surface area (Å²) in [4.78, 5) is 24.4. The number of thiazole rings is 1. The lowest BCUT2D eigenvalue weighted by atomic mass is 10.1. The Morgan fingerprint density at radius 3 is 2.67 bits per heavy atom. The van der Waals surface area contributed by atoms with E-state index in [4.69, 9.17) is 19.2 Å². The number of amides is 1. The molecule has 0 atom stereocenters. The third-order valence-electron chi connectivity index (χ3n) is 5.14. The van der Waals surface area contributed by atoms with Gasteiger partial charge in [-0.15, -0.1) is 0 Å². The van der Waals surface area contributed by atoms with E-state index in [9.17, 15) is 4.79 Å². The van der Waals surface area contributed by atoms with Gasteiger partial charge in [-0.2, -0.15) is 0 Å². The lowest BCUT2D eigenvalue weighted by Gasteiger charge is -2.22. The van der Waals surface area contributed by atoms with Crippen LogP contribution in [-0.2, 0) is 6.54 Å². The molecule has 0 N–H and O–H groups in total. The molecular formula is C24H26N4O4S. The van der Waals surface area contributed by atoms with Gasteiger partial charge in [0.05, 0.1) is 37.4 Å². The molecule has 33 heavy (non-hydrogen) atoms. The maximum atomic E-state index is 13.8. The number of fused-ring (bicyclic) bond motifs is 1. The molecule has 1 amide bonds. The largest absolute Gasteiger partial charge is 0.493 e. The average Bonchev–Trinajstić information content (AvgIpc) is 3.51. The Hall–Kier alpha value is -3.59. The third-order valence-corrected chi connectivity index (χ3v) is 6.18. The standard InChI is InChI=1S/C24H26N4O4S/c1-4-32-18-9-6-11-20-21(18)26-24(33-20)28(14-7-13-27-15-12-25-16-27)23(29)17-8-5-10-19(30-2)22(17)31-3/h5-6,8-12,15-16H,4,7,13-14H2,1-3H3. The first-order chi connectivity index (χ1) is 16.2. The number of carbonyl (C=O) groups is 1. The van der Waals surface area contributed by atoms with Gasteiger partial charge in [-0.1, -0.05) is 23.5 Å². The predicted molar refractivity (Wildman–Crippen MR) is 129 cm³/mol. The van der Waals surface area contributed by atoms with Crippen molar-refractivity contribution in [3.63, 3.8) is 0 Å². The molecule has 0 radical (unpaired) electrons. The number of nitrogens with zero attached hydrogens (tertiary/aromatic N) is 4. The van der Waals surface area contributed by atoms with Crippen LogP contribution in [0.5, 0.6) is 17.2 Å². The topological polar surface area (TPSA) is 78.7 Å². The Labute approximate surface area is 196 Å². The van der Waals surface area contributed by atoms with Crippen LogP contribution in [0.3, 0.4) is 0 Å². The summed E-state index contributed by atoms with van der Waals surface area (Å²) in [6.07, 6.45) is 6.14. The van der Waals surface area contributed by atoms with E-state index in [0.717, 1.165) is 23.2 Å². The number of hydrogen-bond acceptors (Lipinski definition) is 7. The summed E-state index contributed by atoms with van der Waals surface area (Å²) in [6.45, 7) is 3.68. The summed E-state index contributed by atoms with van der Waals surface area (Å²) >= 11 is 1.46. The molecule has 2 heterocycles. The molecule has 8 nitrogen and oxygen atoms in total. The van der Waals surface area contributed by atoms with Crippen molar-refractivity contribution in [2.45, 2.75) is 19.9 Å². The summed E-state index contributed by atoms with van der Waals surface area (Å²) in [5, 5.41) is 0.609. The summed E-state index contributed by atoms with van der Waals surface area (Å²) in [5.74, 6) is 1.42. The van der Waals surface area contributed by atoms with Gasteiger partial charge in [0.25, 0.3) is 5.91 Å². The highest BCUT2D eigenvalue weighted by Crippen LogP contribution is 2.37. The van der Waals surface area contributed by atoms with Crippen LogP contribution in [-0.4, -0.2) is 47.8 Å². The van der Waals surface area contributed by atoms with Crippen molar-refractivity contribution < 1.29 is 19.0 Å². The van der Waals surface area contributed by atoms with E-state index < -0.39 is 0 Å². The fraction of sp³-hybridized carbons (Fsp3) is 0.292. The molecule has 0 saturated heterocycles. The predicted octanol–water partition coefficient (Wildman–Crippen LogP) is 4.65. The number of carbonyl (C=O) groups excluding carboxylic acids is 1. The van der Waals surface area contributed by atoms with Gasteiger partial charge in [-0.3, -0.25) is 9.69 Å². The quantitative estimate of drug-likeness (QED) is 0.339. The first-order valence-corrected chi connectivity index (χ1v) is 11.5. The number of imidazole rings is 1. The molecule has 0 aliphatic rings. The van der Waals surface area contributed by atoms with Crippen LogP contribution in [0.15, 0.2) is 55.1 Å². The molecular weight excluding hydrogens is 440 g/mol. The first-order valence-electron chi connectivity index (χ1n) is 10.7. The Morgan fingerprint density at radius 1 is 1.12 bits per heavy atom. The third kappa shape index (κ3) is 4.78. The van der Waals surface area contributed by atoms with E-state index in [1.807, 2.05) is 35.9 Å². The van der Waals surface area contributed by atoms with E-state index >= 15 is 0 Å². The second-order valence-corrected chi connectivity index (χ2v) is 8.19. The van der Waals surface area contributed by atoms with Crippen molar-refractivity contribution in [3.05, 3.63) is 60.7 Å². The van der Waals surface area contributed by atoms with Crippen molar-refractivity contribution in [1.29, 1.82) is 0 Å². The Kier molecular flexibility index (Phi) is 7.09.